The number of methoxy groups -OCH3 is 1. The molecule has 1 aromatic carbocycles. The molecule has 6 heteroatoms. The summed E-state index contributed by atoms with van der Waals surface area (Å²) in [4.78, 5) is 0. The van der Waals surface area contributed by atoms with Crippen molar-refractivity contribution in [3.8, 4) is 5.75 Å². The minimum atomic E-state index is -3.70. The van der Waals surface area contributed by atoms with Crippen LogP contribution in [0.3, 0.4) is 0 Å². The summed E-state index contributed by atoms with van der Waals surface area (Å²) in [5.41, 5.74) is 0.0355. The molecule has 0 heterocycles. The first-order valence-electron chi connectivity index (χ1n) is 3.75. The van der Waals surface area contributed by atoms with Gasteiger partial charge in [-0.05, 0) is 6.07 Å². The van der Waals surface area contributed by atoms with Gasteiger partial charge in [0.25, 0.3) is 0 Å². The highest BCUT2D eigenvalue weighted by Gasteiger charge is 2.10. The third-order valence-corrected chi connectivity index (χ3v) is 2.33. The van der Waals surface area contributed by atoms with Crippen LogP contribution in [0.2, 0.25) is 0 Å². The Labute approximate surface area is 81.5 Å². The highest BCUT2D eigenvalue weighted by molar-refractivity contribution is 7.88. The Balaban J connectivity index is 3.01. The molecule has 0 radical (unpaired) electrons. The van der Waals surface area contributed by atoms with Crippen LogP contribution in [0.4, 0.5) is 4.39 Å². The molecule has 0 bridgehead atoms. The summed E-state index contributed by atoms with van der Waals surface area (Å²) in [5.74, 6) is -0.818. The molecular formula is C8H10FNO3S. The molecule has 1 rings (SSSR count). The molecule has 0 aliphatic carbocycles. The van der Waals surface area contributed by atoms with Gasteiger partial charge in [0.2, 0.25) is 10.0 Å². The predicted molar refractivity (Wildman–Crippen MR) is 49.8 cm³/mol. The Kier molecular flexibility index (Phi) is 3.07. The number of hydrogen-bond acceptors (Lipinski definition) is 3. The monoisotopic (exact) mass is 219 g/mol. The van der Waals surface area contributed by atoms with Gasteiger partial charge in [0.1, 0.15) is 11.6 Å². The number of nitrogens with two attached hydrogens (primary N) is 1. The first kappa shape index (κ1) is 10.9. The number of rotatable bonds is 3. The summed E-state index contributed by atoms with van der Waals surface area (Å²) < 4.78 is 39.3. The molecule has 0 saturated heterocycles. The molecule has 0 aliphatic rings. The highest BCUT2D eigenvalue weighted by atomic mass is 32.2. The van der Waals surface area contributed by atoms with Gasteiger partial charge < -0.3 is 4.74 Å². The van der Waals surface area contributed by atoms with Crippen LogP contribution in [0, 0.1) is 5.82 Å². The summed E-state index contributed by atoms with van der Waals surface area (Å²) in [6, 6.07) is 3.92. The van der Waals surface area contributed by atoms with Crippen LogP contribution in [0.15, 0.2) is 18.2 Å². The fourth-order valence-corrected chi connectivity index (χ4v) is 1.66. The molecule has 2 N–H and O–H groups in total. The Morgan fingerprint density at radius 2 is 2.14 bits per heavy atom. The van der Waals surface area contributed by atoms with Gasteiger partial charge >= 0.3 is 0 Å². The number of ether oxygens (including phenoxy) is 1. The van der Waals surface area contributed by atoms with E-state index in [1.807, 2.05) is 0 Å². The highest BCUT2D eigenvalue weighted by Crippen LogP contribution is 2.17. The molecule has 1 aromatic rings. The third kappa shape index (κ3) is 2.97. The van der Waals surface area contributed by atoms with Crippen molar-refractivity contribution in [1.29, 1.82) is 0 Å². The summed E-state index contributed by atoms with van der Waals surface area (Å²) in [5, 5.41) is 4.78. The fourth-order valence-electron chi connectivity index (χ4n) is 0.989. The summed E-state index contributed by atoms with van der Waals surface area (Å²) >= 11 is 0. The van der Waals surface area contributed by atoms with Crippen LogP contribution >= 0.6 is 0 Å². The number of benzene rings is 1. The average molecular weight is 219 g/mol. The van der Waals surface area contributed by atoms with E-state index in [9.17, 15) is 12.8 Å². The molecule has 0 aromatic heterocycles. The lowest BCUT2D eigenvalue weighted by molar-refractivity contribution is 0.411. The Bertz CT molecular complexity index is 430. The predicted octanol–water partition coefficient (Wildman–Crippen LogP) is 0.623. The van der Waals surface area contributed by atoms with Crippen LogP contribution in [0.5, 0.6) is 5.75 Å². The normalized spacial score (nSPS) is 11.4. The van der Waals surface area contributed by atoms with Crippen molar-refractivity contribution in [1.82, 2.24) is 0 Å². The van der Waals surface area contributed by atoms with E-state index in [2.05, 4.69) is 0 Å². The zero-order valence-corrected chi connectivity index (χ0v) is 8.34. The molecule has 0 saturated carbocycles. The van der Waals surface area contributed by atoms with Gasteiger partial charge in [-0.15, -0.1) is 0 Å². The largest absolute Gasteiger partial charge is 0.497 e. The van der Waals surface area contributed by atoms with E-state index < -0.39 is 21.6 Å². The maximum Gasteiger partial charge on any atom is 0.213 e. The van der Waals surface area contributed by atoms with E-state index >= 15 is 0 Å². The van der Waals surface area contributed by atoms with Gasteiger partial charge in [-0.3, -0.25) is 0 Å². The summed E-state index contributed by atoms with van der Waals surface area (Å²) in [6.07, 6.45) is 0. The minimum Gasteiger partial charge on any atom is -0.497 e. The molecular weight excluding hydrogens is 209 g/mol. The molecule has 4 nitrogen and oxygen atoms in total. The van der Waals surface area contributed by atoms with E-state index in [1.54, 1.807) is 0 Å². The van der Waals surface area contributed by atoms with Crippen molar-refractivity contribution in [3.05, 3.63) is 29.6 Å². The first-order chi connectivity index (χ1) is 6.42. The number of hydrogen-bond donors (Lipinski definition) is 1. The van der Waals surface area contributed by atoms with Gasteiger partial charge in [0.15, 0.2) is 0 Å². The summed E-state index contributed by atoms with van der Waals surface area (Å²) in [7, 11) is -2.30. The Morgan fingerprint density at radius 1 is 1.50 bits per heavy atom. The zero-order chi connectivity index (χ0) is 10.8. The van der Waals surface area contributed by atoms with Crippen molar-refractivity contribution >= 4 is 10.0 Å². The van der Waals surface area contributed by atoms with Crippen LogP contribution in [0.1, 0.15) is 5.56 Å². The first-order valence-corrected chi connectivity index (χ1v) is 5.47. The summed E-state index contributed by atoms with van der Waals surface area (Å²) in [6.45, 7) is 0. The van der Waals surface area contributed by atoms with E-state index in [4.69, 9.17) is 9.88 Å². The number of halogens is 1. The van der Waals surface area contributed by atoms with Crippen molar-refractivity contribution in [3.63, 3.8) is 0 Å². The molecule has 78 valence electrons. The topological polar surface area (TPSA) is 69.4 Å². The van der Waals surface area contributed by atoms with E-state index in [0.717, 1.165) is 6.07 Å². The third-order valence-electron chi connectivity index (χ3n) is 1.62. The standard InChI is InChI=1S/C8H10FNO3S/c1-13-7-3-2-6(8(9)4-7)5-14(10,11)12/h2-4H,5H2,1H3,(H2,10,11,12). The van der Waals surface area contributed by atoms with E-state index in [1.165, 1.54) is 19.2 Å². The number of primary sulfonamides is 1. The van der Waals surface area contributed by atoms with Gasteiger partial charge in [0, 0.05) is 11.6 Å². The van der Waals surface area contributed by atoms with Crippen LogP contribution in [-0.2, 0) is 15.8 Å². The van der Waals surface area contributed by atoms with Gasteiger partial charge in [-0.1, -0.05) is 6.07 Å². The second-order valence-corrected chi connectivity index (χ2v) is 4.38. The Morgan fingerprint density at radius 3 is 2.57 bits per heavy atom. The lowest BCUT2D eigenvalue weighted by Crippen LogP contribution is -2.15. The number of sulfonamides is 1. The average Bonchev–Trinajstić information content (AvgIpc) is 2.06. The SMILES string of the molecule is COc1ccc(CS(N)(=O)=O)c(F)c1. The second kappa shape index (κ2) is 3.93. The molecule has 0 spiro atoms. The van der Waals surface area contributed by atoms with Gasteiger partial charge in [-0.2, -0.15) is 0 Å². The van der Waals surface area contributed by atoms with E-state index in [0.29, 0.717) is 5.75 Å². The van der Waals surface area contributed by atoms with Crippen molar-refractivity contribution in [2.45, 2.75) is 5.75 Å². The molecule has 0 aliphatic heterocycles. The fraction of sp³-hybridized carbons (Fsp3) is 0.250. The van der Waals surface area contributed by atoms with Crippen molar-refractivity contribution in [2.24, 2.45) is 5.14 Å². The molecule has 0 amide bonds. The van der Waals surface area contributed by atoms with Crippen molar-refractivity contribution in [2.75, 3.05) is 7.11 Å². The van der Waals surface area contributed by atoms with Crippen LogP contribution < -0.4 is 9.88 Å². The van der Waals surface area contributed by atoms with Crippen molar-refractivity contribution < 1.29 is 17.5 Å². The van der Waals surface area contributed by atoms with Gasteiger partial charge in [-0.25, -0.2) is 17.9 Å². The zero-order valence-electron chi connectivity index (χ0n) is 7.53. The second-order valence-electron chi connectivity index (χ2n) is 2.76. The van der Waals surface area contributed by atoms with Gasteiger partial charge in [0.05, 0.1) is 12.9 Å². The Hall–Kier alpha value is -1.14. The molecule has 0 fully saturated rings. The van der Waals surface area contributed by atoms with Crippen LogP contribution in [0.25, 0.3) is 0 Å². The quantitative estimate of drug-likeness (QED) is 0.810. The molecule has 0 unspecified atom stereocenters. The lowest BCUT2D eigenvalue weighted by Gasteiger charge is -2.03. The maximum atomic E-state index is 13.2. The minimum absolute atomic E-state index is 0.0355. The molecule has 14 heavy (non-hydrogen) atoms. The maximum absolute atomic E-state index is 13.2. The smallest absolute Gasteiger partial charge is 0.213 e. The molecule has 0 atom stereocenters. The lowest BCUT2D eigenvalue weighted by atomic mass is 10.2. The van der Waals surface area contributed by atoms with E-state index in [-0.39, 0.29) is 5.56 Å². The van der Waals surface area contributed by atoms with Crippen LogP contribution in [-0.4, -0.2) is 15.5 Å².